The molecule has 0 atom stereocenters. The number of Topliss-reactive ketones (excluding diaryl/α,β-unsaturated/α-hetero) is 1. The Morgan fingerprint density at radius 1 is 1.10 bits per heavy atom. The Labute approximate surface area is 177 Å². The van der Waals surface area contributed by atoms with Gasteiger partial charge in [0.25, 0.3) is 5.95 Å². The summed E-state index contributed by atoms with van der Waals surface area (Å²) in [6.45, 7) is 11.3. The molecule has 1 aromatic heterocycles. The molecule has 4 N–H and O–H groups in total. The van der Waals surface area contributed by atoms with Gasteiger partial charge in [-0.3, -0.25) is 9.59 Å². The van der Waals surface area contributed by atoms with Gasteiger partial charge in [0.05, 0.1) is 0 Å². The summed E-state index contributed by atoms with van der Waals surface area (Å²) in [5.74, 6) is 6.48. The van der Waals surface area contributed by atoms with Crippen molar-refractivity contribution in [1.29, 1.82) is 0 Å². The number of benzene rings is 1. The highest BCUT2D eigenvalue weighted by Crippen LogP contribution is 2.19. The van der Waals surface area contributed by atoms with E-state index in [1.54, 1.807) is 6.92 Å². The van der Waals surface area contributed by atoms with Crippen molar-refractivity contribution in [2.75, 3.05) is 16.6 Å². The van der Waals surface area contributed by atoms with Gasteiger partial charge in [-0.15, -0.1) is 10.2 Å². The summed E-state index contributed by atoms with van der Waals surface area (Å²) in [7, 11) is 0. The number of carbonyl (C=O) groups excluding carboxylic acids is 2. The van der Waals surface area contributed by atoms with Crippen LogP contribution in [0, 0.1) is 26.2 Å². The Morgan fingerprint density at radius 3 is 2.37 bits per heavy atom. The summed E-state index contributed by atoms with van der Waals surface area (Å²) in [5, 5.41) is 14.9. The van der Waals surface area contributed by atoms with Crippen molar-refractivity contribution >= 4 is 29.0 Å². The van der Waals surface area contributed by atoms with E-state index in [1.807, 2.05) is 52.8 Å². The number of nitrogens with one attached hydrogen (secondary N) is 2. The first kappa shape index (κ1) is 23.1. The van der Waals surface area contributed by atoms with Crippen molar-refractivity contribution in [3.05, 3.63) is 35.2 Å². The summed E-state index contributed by atoms with van der Waals surface area (Å²) in [5.41, 5.74) is 5.81. The maximum Gasteiger partial charge on any atom is 0.263 e. The molecule has 0 saturated carbocycles. The molecule has 0 saturated heterocycles. The van der Waals surface area contributed by atoms with Gasteiger partial charge in [-0.25, -0.2) is 10.1 Å². The lowest BCUT2D eigenvalue weighted by molar-refractivity contribution is -0.125. The molecule has 0 unspecified atom stereocenters. The standard InChI is InChI=1S/C21H31N7O2/c1-13-7-8-16(11-14(13)2)23-19(30)10-9-17(12-18(29)21(4,5)6)25-27-20-26-24-15(3)28(20)22/h7-8,11H,9-10,12,22H2,1-6H3,(H,23,30)(H,26,27)/b25-17+. The van der Waals surface area contributed by atoms with Crippen LogP contribution in [0.3, 0.4) is 0 Å². The number of ketones is 1. The second-order valence-corrected chi connectivity index (χ2v) is 8.43. The SMILES string of the molecule is Cc1ccc(NC(=O)CC/C(CC(=O)C(C)(C)C)=N\Nc2nnc(C)n2N)cc1C. The second-order valence-electron chi connectivity index (χ2n) is 8.43. The van der Waals surface area contributed by atoms with Crippen LogP contribution in [-0.4, -0.2) is 32.3 Å². The summed E-state index contributed by atoms with van der Waals surface area (Å²) in [6, 6.07) is 5.77. The first-order valence-corrected chi connectivity index (χ1v) is 9.86. The van der Waals surface area contributed by atoms with Gasteiger partial charge < -0.3 is 11.2 Å². The number of carbonyl (C=O) groups is 2. The molecule has 0 aliphatic carbocycles. The zero-order valence-corrected chi connectivity index (χ0v) is 18.5. The lowest BCUT2D eigenvalue weighted by atomic mass is 9.87. The minimum atomic E-state index is -0.507. The van der Waals surface area contributed by atoms with E-state index in [0.29, 0.717) is 18.0 Å². The second kappa shape index (κ2) is 9.51. The summed E-state index contributed by atoms with van der Waals surface area (Å²) < 4.78 is 1.26. The molecular formula is C21H31N7O2. The minimum Gasteiger partial charge on any atom is -0.335 e. The van der Waals surface area contributed by atoms with Crippen molar-refractivity contribution < 1.29 is 9.59 Å². The Bertz CT molecular complexity index is 955. The van der Waals surface area contributed by atoms with Crippen molar-refractivity contribution in [2.45, 2.75) is 60.8 Å². The fourth-order valence-corrected chi connectivity index (χ4v) is 2.51. The van der Waals surface area contributed by atoms with Gasteiger partial charge in [0.1, 0.15) is 5.78 Å². The molecule has 30 heavy (non-hydrogen) atoms. The highest BCUT2D eigenvalue weighted by atomic mass is 16.1. The normalized spacial score (nSPS) is 12.0. The predicted octanol–water partition coefficient (Wildman–Crippen LogP) is 3.11. The fraction of sp³-hybridized carbons (Fsp3) is 0.476. The molecule has 0 fully saturated rings. The van der Waals surface area contributed by atoms with E-state index in [1.165, 1.54) is 4.68 Å². The highest BCUT2D eigenvalue weighted by Gasteiger charge is 2.23. The molecule has 2 aromatic rings. The van der Waals surface area contributed by atoms with Crippen LogP contribution in [0.4, 0.5) is 11.6 Å². The molecule has 9 heteroatoms. The zero-order chi connectivity index (χ0) is 22.5. The molecule has 1 aromatic carbocycles. The Balaban J connectivity index is 2.06. The van der Waals surface area contributed by atoms with Crippen LogP contribution in [0.15, 0.2) is 23.3 Å². The highest BCUT2D eigenvalue weighted by molar-refractivity contribution is 6.05. The van der Waals surface area contributed by atoms with E-state index in [2.05, 4.69) is 26.0 Å². The van der Waals surface area contributed by atoms with Gasteiger partial charge in [-0.05, 0) is 50.5 Å². The van der Waals surface area contributed by atoms with Crippen molar-refractivity contribution in [3.63, 3.8) is 0 Å². The number of hydrazone groups is 1. The number of aryl methyl sites for hydroxylation is 3. The number of rotatable bonds is 8. The van der Waals surface area contributed by atoms with Crippen LogP contribution in [0.2, 0.25) is 0 Å². The Kier molecular flexibility index (Phi) is 7.31. The van der Waals surface area contributed by atoms with E-state index < -0.39 is 5.41 Å². The van der Waals surface area contributed by atoms with Gasteiger partial charge in [-0.2, -0.15) is 5.10 Å². The smallest absolute Gasteiger partial charge is 0.263 e. The van der Waals surface area contributed by atoms with Crippen LogP contribution < -0.4 is 16.6 Å². The summed E-state index contributed by atoms with van der Waals surface area (Å²) in [6.07, 6.45) is 0.646. The van der Waals surface area contributed by atoms with E-state index >= 15 is 0 Å². The van der Waals surface area contributed by atoms with E-state index in [4.69, 9.17) is 5.84 Å². The number of anilines is 2. The third-order valence-corrected chi connectivity index (χ3v) is 4.81. The van der Waals surface area contributed by atoms with Crippen LogP contribution in [0.1, 0.15) is 57.0 Å². The van der Waals surface area contributed by atoms with Crippen LogP contribution in [-0.2, 0) is 9.59 Å². The van der Waals surface area contributed by atoms with E-state index in [0.717, 1.165) is 16.8 Å². The largest absolute Gasteiger partial charge is 0.335 e. The Morgan fingerprint density at radius 2 is 1.80 bits per heavy atom. The van der Waals surface area contributed by atoms with Gasteiger partial charge in [0.2, 0.25) is 5.91 Å². The molecule has 0 aliphatic heterocycles. The fourth-order valence-electron chi connectivity index (χ4n) is 2.51. The van der Waals surface area contributed by atoms with Crippen molar-refractivity contribution in [2.24, 2.45) is 10.5 Å². The van der Waals surface area contributed by atoms with Gasteiger partial charge in [-0.1, -0.05) is 26.8 Å². The predicted molar refractivity (Wildman–Crippen MR) is 119 cm³/mol. The topological polar surface area (TPSA) is 127 Å². The number of hydrogen-bond acceptors (Lipinski definition) is 7. The van der Waals surface area contributed by atoms with Crippen LogP contribution in [0.25, 0.3) is 0 Å². The van der Waals surface area contributed by atoms with E-state index in [9.17, 15) is 9.59 Å². The van der Waals surface area contributed by atoms with Crippen LogP contribution >= 0.6 is 0 Å². The monoisotopic (exact) mass is 413 g/mol. The number of nitrogen functional groups attached to an aromatic ring is 1. The minimum absolute atomic E-state index is 0.0306. The Hall–Kier alpha value is -3.23. The molecular weight excluding hydrogens is 382 g/mol. The first-order chi connectivity index (χ1) is 14.0. The average molecular weight is 414 g/mol. The quantitative estimate of drug-likeness (QED) is 0.347. The number of nitrogens with two attached hydrogens (primary N) is 1. The molecule has 1 heterocycles. The molecule has 162 valence electrons. The van der Waals surface area contributed by atoms with Gasteiger partial charge in [0, 0.05) is 29.7 Å². The van der Waals surface area contributed by atoms with Gasteiger partial charge >= 0.3 is 0 Å². The maximum atomic E-state index is 12.5. The van der Waals surface area contributed by atoms with Crippen molar-refractivity contribution in [1.82, 2.24) is 14.9 Å². The third kappa shape index (κ3) is 6.40. The number of amides is 1. The summed E-state index contributed by atoms with van der Waals surface area (Å²) >= 11 is 0. The number of hydrogen-bond donors (Lipinski definition) is 3. The van der Waals surface area contributed by atoms with Crippen LogP contribution in [0.5, 0.6) is 0 Å². The first-order valence-electron chi connectivity index (χ1n) is 9.86. The molecule has 9 nitrogen and oxygen atoms in total. The lowest BCUT2D eigenvalue weighted by Gasteiger charge is -2.17. The third-order valence-electron chi connectivity index (χ3n) is 4.81. The average Bonchev–Trinajstić information content (AvgIpc) is 2.98. The number of nitrogens with zero attached hydrogens (tertiary/aromatic N) is 4. The maximum absolute atomic E-state index is 12.5. The lowest BCUT2D eigenvalue weighted by Crippen LogP contribution is -2.24. The molecule has 0 bridgehead atoms. The molecule has 2 rings (SSSR count). The van der Waals surface area contributed by atoms with Crippen molar-refractivity contribution in [3.8, 4) is 0 Å². The molecule has 0 aliphatic rings. The van der Waals surface area contributed by atoms with E-state index in [-0.39, 0.29) is 30.5 Å². The molecule has 1 amide bonds. The molecule has 0 radical (unpaired) electrons. The zero-order valence-electron chi connectivity index (χ0n) is 18.5. The molecule has 0 spiro atoms. The van der Waals surface area contributed by atoms with Gasteiger partial charge in [0.15, 0.2) is 5.82 Å². The summed E-state index contributed by atoms with van der Waals surface area (Å²) in [4.78, 5) is 24.9. The number of aromatic nitrogens is 3.